The standard InChI is InChI=1S/C14H24N2O4S/c1-3-15-10-13-4-5-14(20-13)21(17,18)16-8-6-12(7-9-16)11-19-2/h4-5,12,15H,3,6-11H2,1-2H3. The molecule has 0 saturated carbocycles. The maximum atomic E-state index is 12.5. The predicted octanol–water partition coefficient (Wildman–Crippen LogP) is 1.44. The molecule has 1 aliphatic heterocycles. The number of rotatable bonds is 7. The second kappa shape index (κ2) is 7.40. The molecule has 0 bridgehead atoms. The Labute approximate surface area is 126 Å². The molecule has 0 atom stereocenters. The molecule has 2 heterocycles. The van der Waals surface area contributed by atoms with Gasteiger partial charge in [0.25, 0.3) is 10.0 Å². The maximum Gasteiger partial charge on any atom is 0.276 e. The number of methoxy groups -OCH3 is 1. The van der Waals surface area contributed by atoms with Crippen molar-refractivity contribution in [1.29, 1.82) is 0 Å². The Morgan fingerprint density at radius 3 is 2.71 bits per heavy atom. The zero-order chi connectivity index (χ0) is 15.3. The van der Waals surface area contributed by atoms with E-state index < -0.39 is 10.0 Å². The van der Waals surface area contributed by atoms with Crippen LogP contribution in [0.25, 0.3) is 0 Å². The summed E-state index contributed by atoms with van der Waals surface area (Å²) >= 11 is 0. The molecule has 1 saturated heterocycles. The molecule has 0 radical (unpaired) electrons. The predicted molar refractivity (Wildman–Crippen MR) is 79.4 cm³/mol. The fraction of sp³-hybridized carbons (Fsp3) is 0.714. The van der Waals surface area contributed by atoms with Crippen molar-refractivity contribution in [1.82, 2.24) is 9.62 Å². The molecule has 1 N–H and O–H groups in total. The fourth-order valence-corrected chi connectivity index (χ4v) is 3.92. The highest BCUT2D eigenvalue weighted by atomic mass is 32.2. The number of piperidine rings is 1. The van der Waals surface area contributed by atoms with Gasteiger partial charge in [-0.1, -0.05) is 6.92 Å². The lowest BCUT2D eigenvalue weighted by Gasteiger charge is -2.30. The first-order valence-electron chi connectivity index (χ1n) is 7.36. The maximum absolute atomic E-state index is 12.5. The molecular weight excluding hydrogens is 292 g/mol. The van der Waals surface area contributed by atoms with Crippen molar-refractivity contribution in [3.05, 3.63) is 17.9 Å². The topological polar surface area (TPSA) is 71.8 Å². The number of hydrogen-bond acceptors (Lipinski definition) is 5. The highest BCUT2D eigenvalue weighted by molar-refractivity contribution is 7.89. The number of nitrogens with one attached hydrogen (secondary N) is 1. The zero-order valence-electron chi connectivity index (χ0n) is 12.7. The molecule has 1 aromatic rings. The molecule has 2 rings (SSSR count). The van der Waals surface area contributed by atoms with Gasteiger partial charge in [-0.15, -0.1) is 0 Å². The highest BCUT2D eigenvalue weighted by Crippen LogP contribution is 2.25. The van der Waals surface area contributed by atoms with E-state index in [-0.39, 0.29) is 5.09 Å². The molecule has 1 aliphatic rings. The Bertz CT molecular complexity index is 533. The van der Waals surface area contributed by atoms with Crippen molar-refractivity contribution in [2.24, 2.45) is 5.92 Å². The van der Waals surface area contributed by atoms with E-state index in [0.29, 0.717) is 37.9 Å². The van der Waals surface area contributed by atoms with Crippen LogP contribution in [-0.4, -0.2) is 46.1 Å². The number of furan rings is 1. The average molecular weight is 316 g/mol. The average Bonchev–Trinajstić information content (AvgIpc) is 2.96. The Morgan fingerprint density at radius 1 is 1.38 bits per heavy atom. The summed E-state index contributed by atoms with van der Waals surface area (Å²) in [5, 5.41) is 3.15. The highest BCUT2D eigenvalue weighted by Gasteiger charge is 2.31. The summed E-state index contributed by atoms with van der Waals surface area (Å²) in [5.41, 5.74) is 0. The normalized spacial score (nSPS) is 18.2. The Morgan fingerprint density at radius 2 is 2.10 bits per heavy atom. The zero-order valence-corrected chi connectivity index (χ0v) is 13.5. The molecule has 0 amide bonds. The van der Waals surface area contributed by atoms with E-state index in [9.17, 15) is 8.42 Å². The molecule has 21 heavy (non-hydrogen) atoms. The van der Waals surface area contributed by atoms with Gasteiger partial charge in [0, 0.05) is 26.8 Å². The van der Waals surface area contributed by atoms with Crippen LogP contribution in [0.15, 0.2) is 21.6 Å². The quantitative estimate of drug-likeness (QED) is 0.824. The van der Waals surface area contributed by atoms with E-state index in [1.807, 2.05) is 6.92 Å². The molecule has 120 valence electrons. The van der Waals surface area contributed by atoms with Gasteiger partial charge in [-0.2, -0.15) is 4.31 Å². The minimum atomic E-state index is -3.51. The Hall–Kier alpha value is -0.890. The summed E-state index contributed by atoms with van der Waals surface area (Å²) in [7, 11) is -1.83. The molecule has 0 aromatic carbocycles. The van der Waals surface area contributed by atoms with E-state index in [0.717, 1.165) is 19.4 Å². The van der Waals surface area contributed by atoms with Crippen molar-refractivity contribution in [3.63, 3.8) is 0 Å². The third-order valence-electron chi connectivity index (χ3n) is 3.76. The van der Waals surface area contributed by atoms with Crippen LogP contribution >= 0.6 is 0 Å². The van der Waals surface area contributed by atoms with E-state index in [4.69, 9.17) is 9.15 Å². The van der Waals surface area contributed by atoms with Gasteiger partial charge in [-0.05, 0) is 37.4 Å². The van der Waals surface area contributed by atoms with Gasteiger partial charge in [-0.3, -0.25) is 0 Å². The minimum Gasteiger partial charge on any atom is -0.447 e. The monoisotopic (exact) mass is 316 g/mol. The van der Waals surface area contributed by atoms with Crippen molar-refractivity contribution >= 4 is 10.0 Å². The van der Waals surface area contributed by atoms with E-state index in [1.165, 1.54) is 4.31 Å². The largest absolute Gasteiger partial charge is 0.447 e. The van der Waals surface area contributed by atoms with Crippen LogP contribution in [0.2, 0.25) is 0 Å². The minimum absolute atomic E-state index is 0.0422. The van der Waals surface area contributed by atoms with Gasteiger partial charge in [-0.25, -0.2) is 8.42 Å². The first-order chi connectivity index (χ1) is 10.1. The van der Waals surface area contributed by atoms with Gasteiger partial charge in [0.05, 0.1) is 6.54 Å². The smallest absolute Gasteiger partial charge is 0.276 e. The lowest BCUT2D eigenvalue weighted by Crippen LogP contribution is -2.39. The lowest BCUT2D eigenvalue weighted by atomic mass is 9.99. The first kappa shape index (κ1) is 16.5. The summed E-state index contributed by atoms with van der Waals surface area (Å²) in [6, 6.07) is 3.26. The molecule has 1 aromatic heterocycles. The van der Waals surface area contributed by atoms with Crippen LogP contribution in [0, 0.1) is 5.92 Å². The van der Waals surface area contributed by atoms with Crippen LogP contribution in [0.1, 0.15) is 25.5 Å². The Balaban J connectivity index is 2.00. The number of sulfonamides is 1. The number of ether oxygens (including phenoxy) is 1. The van der Waals surface area contributed by atoms with E-state index in [2.05, 4.69) is 5.32 Å². The Kier molecular flexibility index (Phi) is 5.80. The SMILES string of the molecule is CCNCc1ccc(S(=O)(=O)N2CCC(COC)CC2)o1. The second-order valence-corrected chi connectivity index (χ2v) is 7.17. The van der Waals surface area contributed by atoms with Gasteiger partial charge in [0.1, 0.15) is 5.76 Å². The second-order valence-electron chi connectivity index (χ2n) is 5.30. The van der Waals surface area contributed by atoms with E-state index in [1.54, 1.807) is 19.2 Å². The number of nitrogens with zero attached hydrogens (tertiary/aromatic N) is 1. The van der Waals surface area contributed by atoms with Crippen LogP contribution in [0.3, 0.4) is 0 Å². The summed E-state index contributed by atoms with van der Waals surface area (Å²) in [6.07, 6.45) is 1.66. The summed E-state index contributed by atoms with van der Waals surface area (Å²) < 4.78 is 37.1. The molecule has 6 nitrogen and oxygen atoms in total. The molecule has 0 spiro atoms. The van der Waals surface area contributed by atoms with Crippen molar-refractivity contribution in [3.8, 4) is 0 Å². The molecular formula is C14H24N2O4S. The fourth-order valence-electron chi connectivity index (χ4n) is 2.52. The van der Waals surface area contributed by atoms with Gasteiger partial charge >= 0.3 is 0 Å². The molecule has 0 aliphatic carbocycles. The van der Waals surface area contributed by atoms with Gasteiger partial charge in [0.2, 0.25) is 5.09 Å². The molecule has 1 fully saturated rings. The van der Waals surface area contributed by atoms with Gasteiger partial charge in [0.15, 0.2) is 0 Å². The van der Waals surface area contributed by atoms with Crippen LogP contribution in [0.5, 0.6) is 0 Å². The van der Waals surface area contributed by atoms with Crippen LogP contribution < -0.4 is 5.32 Å². The number of hydrogen-bond donors (Lipinski definition) is 1. The van der Waals surface area contributed by atoms with Crippen molar-refractivity contribution < 1.29 is 17.6 Å². The van der Waals surface area contributed by atoms with Gasteiger partial charge < -0.3 is 14.5 Å². The van der Waals surface area contributed by atoms with E-state index >= 15 is 0 Å². The van der Waals surface area contributed by atoms with Crippen molar-refractivity contribution in [2.45, 2.75) is 31.4 Å². The molecule has 0 unspecified atom stereocenters. The molecule has 7 heteroatoms. The van der Waals surface area contributed by atoms with Crippen LogP contribution in [-0.2, 0) is 21.3 Å². The summed E-state index contributed by atoms with van der Waals surface area (Å²) in [6.45, 7) is 5.10. The summed E-state index contributed by atoms with van der Waals surface area (Å²) in [5.74, 6) is 1.09. The third-order valence-corrected chi connectivity index (χ3v) is 5.53. The third kappa shape index (κ3) is 4.06. The first-order valence-corrected chi connectivity index (χ1v) is 8.80. The summed E-state index contributed by atoms with van der Waals surface area (Å²) in [4.78, 5) is 0. The lowest BCUT2D eigenvalue weighted by molar-refractivity contribution is 0.121. The van der Waals surface area contributed by atoms with Crippen LogP contribution in [0.4, 0.5) is 0 Å². The van der Waals surface area contributed by atoms with Crippen molar-refractivity contribution in [2.75, 3.05) is 33.4 Å².